The number of hydrogen-bond donors (Lipinski definition) is 2. The third-order valence-corrected chi connectivity index (χ3v) is 8.84. The molecule has 2 aromatic heterocycles. The van der Waals surface area contributed by atoms with Gasteiger partial charge in [-0.1, -0.05) is 6.42 Å². The molecule has 0 unspecified atom stereocenters. The number of nitrogens with one attached hydrogen (secondary N) is 2. The van der Waals surface area contributed by atoms with Crippen molar-refractivity contribution in [1.82, 2.24) is 20.0 Å². The number of carbonyl (C=O) groups is 2. The third-order valence-electron chi connectivity index (χ3n) is 7.63. The number of carbonyl (C=O) groups excluding carboxylic acids is 2. The molecular weight excluding hydrogens is 503 g/mol. The smallest absolute Gasteiger partial charge is 0.351 e. The Morgan fingerprint density at radius 3 is 2.38 bits per heavy atom. The maximum absolute atomic E-state index is 13.5. The summed E-state index contributed by atoms with van der Waals surface area (Å²) < 4.78 is 41.8. The molecule has 202 valence electrons. The second-order valence-corrected chi connectivity index (χ2v) is 11.4. The first-order chi connectivity index (χ1) is 17.8. The van der Waals surface area contributed by atoms with Crippen molar-refractivity contribution in [2.45, 2.75) is 83.4 Å². The van der Waals surface area contributed by atoms with Gasteiger partial charge in [0, 0.05) is 29.2 Å². The Kier molecular flexibility index (Phi) is 7.90. The lowest BCUT2D eigenvalue weighted by molar-refractivity contribution is -0.142. The van der Waals surface area contributed by atoms with E-state index >= 15 is 0 Å². The van der Waals surface area contributed by atoms with Gasteiger partial charge in [-0.15, -0.1) is 11.3 Å². The van der Waals surface area contributed by atoms with Gasteiger partial charge in [-0.05, 0) is 82.9 Å². The maximum atomic E-state index is 13.5. The van der Waals surface area contributed by atoms with Crippen LogP contribution in [0, 0.1) is 0 Å². The summed E-state index contributed by atoms with van der Waals surface area (Å²) in [7, 11) is 0. The molecule has 3 heterocycles. The van der Waals surface area contributed by atoms with Gasteiger partial charge >= 0.3 is 6.18 Å². The Balaban J connectivity index is 1.31. The van der Waals surface area contributed by atoms with Gasteiger partial charge < -0.3 is 15.5 Å². The minimum atomic E-state index is -4.55. The van der Waals surface area contributed by atoms with E-state index in [4.69, 9.17) is 0 Å². The van der Waals surface area contributed by atoms with Crippen molar-refractivity contribution in [3.8, 4) is 0 Å². The van der Waals surface area contributed by atoms with Crippen LogP contribution in [-0.4, -0.2) is 52.7 Å². The fourth-order valence-electron chi connectivity index (χ4n) is 5.82. The first-order valence-corrected chi connectivity index (χ1v) is 14.2. The zero-order valence-corrected chi connectivity index (χ0v) is 21.8. The van der Waals surface area contributed by atoms with Gasteiger partial charge in [0.2, 0.25) is 5.91 Å². The Labute approximate surface area is 218 Å². The van der Waals surface area contributed by atoms with Crippen LogP contribution in [0.1, 0.15) is 82.7 Å². The van der Waals surface area contributed by atoms with Gasteiger partial charge in [0.05, 0.1) is 5.56 Å². The molecule has 2 aromatic rings. The second-order valence-electron chi connectivity index (χ2n) is 10.3. The Hall–Kier alpha value is -2.40. The van der Waals surface area contributed by atoms with Gasteiger partial charge in [-0.25, -0.2) is 0 Å². The van der Waals surface area contributed by atoms with Crippen molar-refractivity contribution >= 4 is 28.2 Å². The molecule has 0 saturated carbocycles. The highest BCUT2D eigenvalue weighted by Crippen LogP contribution is 2.39. The Morgan fingerprint density at radius 1 is 0.919 bits per heavy atom. The lowest BCUT2D eigenvalue weighted by Crippen LogP contribution is -2.38. The summed E-state index contributed by atoms with van der Waals surface area (Å²) in [6.45, 7) is 3.13. The number of nitrogens with zero attached hydrogens (tertiary/aromatic N) is 3. The van der Waals surface area contributed by atoms with Gasteiger partial charge in [-0.3, -0.25) is 14.3 Å². The quantitative estimate of drug-likeness (QED) is 0.542. The van der Waals surface area contributed by atoms with E-state index in [9.17, 15) is 22.8 Å². The van der Waals surface area contributed by atoms with E-state index in [-0.39, 0.29) is 18.0 Å². The van der Waals surface area contributed by atoms with Crippen molar-refractivity contribution in [2.24, 2.45) is 0 Å². The summed E-state index contributed by atoms with van der Waals surface area (Å²) in [5.41, 5.74) is 1.35. The van der Waals surface area contributed by atoms with Crippen LogP contribution in [0.5, 0.6) is 0 Å². The summed E-state index contributed by atoms with van der Waals surface area (Å²) in [6, 6.07) is 0. The van der Waals surface area contributed by atoms with Crippen LogP contribution < -0.4 is 10.6 Å². The fraction of sp³-hybridized carbons (Fsp3) is 0.654. The van der Waals surface area contributed by atoms with Crippen LogP contribution in [0.3, 0.4) is 0 Å². The summed E-state index contributed by atoms with van der Waals surface area (Å²) in [6.07, 6.45) is 5.03. The number of aromatic nitrogens is 2. The van der Waals surface area contributed by atoms with E-state index in [2.05, 4.69) is 20.6 Å². The van der Waals surface area contributed by atoms with Gasteiger partial charge in [-0.2, -0.15) is 18.3 Å². The van der Waals surface area contributed by atoms with Crippen molar-refractivity contribution in [3.05, 3.63) is 33.0 Å². The number of alkyl halides is 3. The summed E-state index contributed by atoms with van der Waals surface area (Å²) in [5.74, 6) is -0.659. The molecule has 0 aromatic carbocycles. The predicted octanol–water partition coefficient (Wildman–Crippen LogP) is 4.58. The molecule has 7 nitrogen and oxygen atoms in total. The van der Waals surface area contributed by atoms with E-state index in [0.29, 0.717) is 42.1 Å². The molecule has 5 rings (SSSR count). The lowest BCUT2D eigenvalue weighted by Gasteiger charge is -2.26. The van der Waals surface area contributed by atoms with Crippen molar-refractivity contribution in [1.29, 1.82) is 0 Å². The molecule has 0 bridgehead atoms. The van der Waals surface area contributed by atoms with Gasteiger partial charge in [0.1, 0.15) is 11.5 Å². The van der Waals surface area contributed by atoms with Crippen LogP contribution in [0.4, 0.5) is 18.2 Å². The molecule has 1 saturated heterocycles. The molecule has 0 spiro atoms. The van der Waals surface area contributed by atoms with Crippen LogP contribution >= 0.6 is 11.3 Å². The molecule has 2 N–H and O–H groups in total. The lowest BCUT2D eigenvalue weighted by atomic mass is 9.95. The molecular formula is C26H34F3N5O2S. The van der Waals surface area contributed by atoms with Crippen LogP contribution in [0.15, 0.2) is 0 Å². The molecule has 1 aliphatic heterocycles. The largest absolute Gasteiger partial charge is 0.435 e. The molecule has 0 atom stereocenters. The maximum Gasteiger partial charge on any atom is 0.435 e. The summed E-state index contributed by atoms with van der Waals surface area (Å²) in [4.78, 5) is 29.8. The van der Waals surface area contributed by atoms with E-state index in [0.717, 1.165) is 62.2 Å². The number of likely N-dealkylation sites (tertiary alicyclic amines) is 1. The zero-order chi connectivity index (χ0) is 26.0. The summed E-state index contributed by atoms with van der Waals surface area (Å²) in [5, 5.41) is 10.2. The number of hydrogen-bond acceptors (Lipinski definition) is 5. The minimum Gasteiger partial charge on any atom is -0.351 e. The normalized spacial score (nSPS) is 18.2. The third kappa shape index (κ3) is 5.87. The second kappa shape index (κ2) is 11.1. The van der Waals surface area contributed by atoms with Gasteiger partial charge in [0.15, 0.2) is 5.69 Å². The number of rotatable bonds is 7. The predicted molar refractivity (Wildman–Crippen MR) is 136 cm³/mol. The van der Waals surface area contributed by atoms with E-state index in [1.54, 1.807) is 0 Å². The minimum absolute atomic E-state index is 0.192. The molecule has 37 heavy (non-hydrogen) atoms. The highest BCUT2D eigenvalue weighted by Gasteiger charge is 2.39. The number of amides is 2. The molecule has 0 radical (unpaired) electrons. The number of halogens is 3. The van der Waals surface area contributed by atoms with Crippen LogP contribution in [0.25, 0.3) is 0 Å². The zero-order valence-electron chi connectivity index (χ0n) is 21.0. The standard InChI is InChI=1S/C26H34F3N5O2S/c27-26(28,29)23-17-8-2-4-10-19(17)34(32-23)16-21(35)31-25-22(18-9-3-5-11-20(18)37-25)24(36)30-12-15-33-13-6-1-7-14-33/h1-16H2,(H,30,36)(H,31,35). The molecule has 11 heteroatoms. The van der Waals surface area contributed by atoms with E-state index in [1.165, 1.54) is 35.3 Å². The number of aryl methyl sites for hydroxylation is 1. The Bertz CT molecular complexity index is 1150. The Morgan fingerprint density at radius 2 is 1.62 bits per heavy atom. The van der Waals surface area contributed by atoms with E-state index < -0.39 is 17.8 Å². The van der Waals surface area contributed by atoms with Crippen molar-refractivity contribution < 1.29 is 22.8 Å². The van der Waals surface area contributed by atoms with E-state index in [1.807, 2.05) is 0 Å². The van der Waals surface area contributed by atoms with Crippen molar-refractivity contribution in [2.75, 3.05) is 31.5 Å². The molecule has 1 fully saturated rings. The number of fused-ring (bicyclic) bond motifs is 2. The number of piperidine rings is 1. The summed E-state index contributed by atoms with van der Waals surface area (Å²) >= 11 is 1.42. The molecule has 2 amide bonds. The highest BCUT2D eigenvalue weighted by molar-refractivity contribution is 7.17. The average molecular weight is 538 g/mol. The SMILES string of the molecule is O=C(Cn1nc(C(F)(F)F)c2c1CCCC2)Nc1sc2c(c1C(=O)NCCN1CCCCC1)CCCC2. The fourth-order valence-corrected chi connectivity index (χ4v) is 7.13. The van der Waals surface area contributed by atoms with Crippen LogP contribution in [-0.2, 0) is 43.2 Å². The average Bonchev–Trinajstić information content (AvgIpc) is 3.43. The first-order valence-electron chi connectivity index (χ1n) is 13.4. The van der Waals surface area contributed by atoms with Crippen LogP contribution in [0.2, 0.25) is 0 Å². The van der Waals surface area contributed by atoms with Crippen molar-refractivity contribution in [3.63, 3.8) is 0 Å². The molecule has 2 aliphatic carbocycles. The molecule has 3 aliphatic rings. The monoisotopic (exact) mass is 537 g/mol. The number of anilines is 1. The van der Waals surface area contributed by atoms with Gasteiger partial charge in [0.25, 0.3) is 5.91 Å². The number of thiophene rings is 1. The topological polar surface area (TPSA) is 79.3 Å². The highest BCUT2D eigenvalue weighted by atomic mass is 32.1. The first kappa shape index (κ1) is 26.2.